The summed E-state index contributed by atoms with van der Waals surface area (Å²) in [7, 11) is 0. The van der Waals surface area contributed by atoms with Gasteiger partial charge in [0.15, 0.2) is 0 Å². The summed E-state index contributed by atoms with van der Waals surface area (Å²) >= 11 is 2.67. The number of aromatic nitrogens is 1. The largest absolute Gasteiger partial charge is 0.433 e. The minimum absolute atomic E-state index is 0.280. The van der Waals surface area contributed by atoms with Crippen molar-refractivity contribution in [1.29, 1.82) is 0 Å². The first-order chi connectivity index (χ1) is 6.73. The fourth-order valence-electron chi connectivity index (χ4n) is 1.05. The van der Waals surface area contributed by atoms with Crippen molar-refractivity contribution >= 4 is 15.9 Å². The topological polar surface area (TPSA) is 12.9 Å². The van der Waals surface area contributed by atoms with Crippen LogP contribution in [-0.2, 0) is 6.18 Å². The lowest BCUT2D eigenvalue weighted by Crippen LogP contribution is -2.10. The Morgan fingerprint density at radius 1 is 1.33 bits per heavy atom. The minimum atomic E-state index is -4.63. The second kappa shape index (κ2) is 4.03. The molecule has 0 bridgehead atoms. The molecule has 7 heteroatoms. The van der Waals surface area contributed by atoms with Gasteiger partial charge in [0.1, 0.15) is 5.69 Å². The Bertz CT molecular complexity index is 351. The van der Waals surface area contributed by atoms with Gasteiger partial charge in [-0.3, -0.25) is 0 Å². The average Bonchev–Trinajstić information content (AvgIpc) is 1.99. The molecular weight excluding hydrogens is 285 g/mol. The number of hydrogen-bond donors (Lipinski definition) is 0. The zero-order valence-electron chi connectivity index (χ0n) is 7.37. The molecule has 0 atom stereocenters. The van der Waals surface area contributed by atoms with Crippen LogP contribution in [0.2, 0.25) is 0 Å². The Morgan fingerprint density at radius 3 is 2.20 bits per heavy atom. The first kappa shape index (κ1) is 12.4. The molecule has 0 unspecified atom stereocenters. The van der Waals surface area contributed by atoms with E-state index in [1.807, 2.05) is 0 Å². The Balaban J connectivity index is 3.32. The maximum atomic E-state index is 12.4. The van der Waals surface area contributed by atoms with Crippen LogP contribution in [-0.4, -0.2) is 4.98 Å². The van der Waals surface area contributed by atoms with Gasteiger partial charge < -0.3 is 0 Å². The Morgan fingerprint density at radius 2 is 1.87 bits per heavy atom. The van der Waals surface area contributed by atoms with Crippen LogP contribution in [0.4, 0.5) is 22.0 Å². The Labute approximate surface area is 90.4 Å². The molecule has 0 saturated carbocycles. The molecule has 0 aliphatic carbocycles. The standard InChI is InChI=1S/C8H5BrF5N/c1-3-6(7(10)11)4(9)2-5(15-3)8(12,13)14/h2,7H,1H3. The molecule has 84 valence electrons. The van der Waals surface area contributed by atoms with Gasteiger partial charge >= 0.3 is 6.18 Å². The van der Waals surface area contributed by atoms with Crippen LogP contribution >= 0.6 is 15.9 Å². The summed E-state index contributed by atoms with van der Waals surface area (Å²) in [6, 6.07) is 0.550. The van der Waals surface area contributed by atoms with Crippen molar-refractivity contribution in [2.24, 2.45) is 0 Å². The SMILES string of the molecule is Cc1nc(C(F)(F)F)cc(Br)c1C(F)F. The van der Waals surface area contributed by atoms with Gasteiger partial charge in [-0.05, 0) is 13.0 Å². The van der Waals surface area contributed by atoms with Crippen LogP contribution in [0.15, 0.2) is 10.5 Å². The van der Waals surface area contributed by atoms with E-state index in [4.69, 9.17) is 0 Å². The van der Waals surface area contributed by atoms with E-state index in [0.717, 1.165) is 6.92 Å². The Hall–Kier alpha value is -0.720. The van der Waals surface area contributed by atoms with Crippen molar-refractivity contribution in [1.82, 2.24) is 4.98 Å². The number of alkyl halides is 5. The zero-order chi connectivity index (χ0) is 11.8. The molecule has 1 heterocycles. The molecule has 15 heavy (non-hydrogen) atoms. The maximum Gasteiger partial charge on any atom is 0.433 e. The number of pyridine rings is 1. The fraction of sp³-hybridized carbons (Fsp3) is 0.375. The predicted molar refractivity (Wildman–Crippen MR) is 46.6 cm³/mol. The molecule has 0 fully saturated rings. The third kappa shape index (κ3) is 2.64. The third-order valence-electron chi connectivity index (χ3n) is 1.71. The van der Waals surface area contributed by atoms with Crippen molar-refractivity contribution in [2.75, 3.05) is 0 Å². The molecule has 1 rings (SSSR count). The van der Waals surface area contributed by atoms with E-state index in [1.54, 1.807) is 0 Å². The number of halogens is 6. The van der Waals surface area contributed by atoms with Crippen molar-refractivity contribution in [3.63, 3.8) is 0 Å². The molecule has 0 spiro atoms. The molecule has 0 amide bonds. The summed E-state index contributed by atoms with van der Waals surface area (Å²) in [5.74, 6) is 0. The van der Waals surface area contributed by atoms with E-state index >= 15 is 0 Å². The summed E-state index contributed by atoms with van der Waals surface area (Å²) in [5, 5.41) is 0. The van der Waals surface area contributed by atoms with Crippen molar-refractivity contribution in [3.8, 4) is 0 Å². The summed E-state index contributed by atoms with van der Waals surface area (Å²) in [6.07, 6.45) is -7.48. The van der Waals surface area contributed by atoms with Crippen LogP contribution in [0, 0.1) is 6.92 Å². The highest BCUT2D eigenvalue weighted by molar-refractivity contribution is 9.10. The monoisotopic (exact) mass is 289 g/mol. The van der Waals surface area contributed by atoms with Crippen LogP contribution < -0.4 is 0 Å². The van der Waals surface area contributed by atoms with Gasteiger partial charge in [0.25, 0.3) is 6.43 Å². The smallest absolute Gasteiger partial charge is 0.248 e. The second-order valence-corrected chi connectivity index (χ2v) is 3.64. The highest BCUT2D eigenvalue weighted by Gasteiger charge is 2.34. The van der Waals surface area contributed by atoms with E-state index in [0.29, 0.717) is 6.07 Å². The van der Waals surface area contributed by atoms with Crippen LogP contribution in [0.3, 0.4) is 0 Å². The summed E-state index contributed by atoms with van der Waals surface area (Å²) in [5.41, 5.74) is -2.02. The van der Waals surface area contributed by atoms with E-state index < -0.39 is 23.9 Å². The quantitative estimate of drug-likeness (QED) is 0.709. The van der Waals surface area contributed by atoms with Crippen LogP contribution in [0.1, 0.15) is 23.4 Å². The van der Waals surface area contributed by atoms with Gasteiger partial charge in [0.05, 0.1) is 5.56 Å². The van der Waals surface area contributed by atoms with Crippen molar-refractivity contribution < 1.29 is 22.0 Å². The molecule has 1 aromatic heterocycles. The van der Waals surface area contributed by atoms with Gasteiger partial charge in [-0.25, -0.2) is 13.8 Å². The predicted octanol–water partition coefficient (Wildman–Crippen LogP) is 4.11. The van der Waals surface area contributed by atoms with Gasteiger partial charge in [-0.15, -0.1) is 0 Å². The molecule has 0 aliphatic rings. The van der Waals surface area contributed by atoms with E-state index in [9.17, 15) is 22.0 Å². The van der Waals surface area contributed by atoms with Crippen LogP contribution in [0.5, 0.6) is 0 Å². The van der Waals surface area contributed by atoms with E-state index in [1.165, 1.54) is 0 Å². The Kier molecular flexibility index (Phi) is 3.32. The molecule has 1 aromatic rings. The van der Waals surface area contributed by atoms with Crippen LogP contribution in [0.25, 0.3) is 0 Å². The molecular formula is C8H5BrF5N. The lowest BCUT2D eigenvalue weighted by atomic mass is 10.2. The summed E-state index contributed by atoms with van der Waals surface area (Å²) in [6.45, 7) is 1.11. The number of aryl methyl sites for hydroxylation is 1. The number of rotatable bonds is 1. The van der Waals surface area contributed by atoms with E-state index in [-0.39, 0.29) is 10.2 Å². The highest BCUT2D eigenvalue weighted by atomic mass is 79.9. The fourth-order valence-corrected chi connectivity index (χ4v) is 1.73. The molecule has 0 aliphatic heterocycles. The average molecular weight is 290 g/mol. The van der Waals surface area contributed by atoms with Gasteiger partial charge in [0.2, 0.25) is 0 Å². The van der Waals surface area contributed by atoms with Gasteiger partial charge in [-0.2, -0.15) is 13.2 Å². The lowest BCUT2D eigenvalue weighted by Gasteiger charge is -2.11. The van der Waals surface area contributed by atoms with Crippen molar-refractivity contribution in [2.45, 2.75) is 19.5 Å². The third-order valence-corrected chi connectivity index (χ3v) is 2.36. The molecule has 0 radical (unpaired) electrons. The minimum Gasteiger partial charge on any atom is -0.248 e. The molecule has 0 saturated heterocycles. The zero-order valence-corrected chi connectivity index (χ0v) is 8.96. The normalized spacial score (nSPS) is 12.3. The molecule has 0 aromatic carbocycles. The van der Waals surface area contributed by atoms with Gasteiger partial charge in [0, 0.05) is 10.2 Å². The first-order valence-corrected chi connectivity index (χ1v) is 4.55. The maximum absolute atomic E-state index is 12.4. The lowest BCUT2D eigenvalue weighted by molar-refractivity contribution is -0.141. The second-order valence-electron chi connectivity index (χ2n) is 2.79. The molecule has 0 N–H and O–H groups in total. The van der Waals surface area contributed by atoms with E-state index in [2.05, 4.69) is 20.9 Å². The first-order valence-electron chi connectivity index (χ1n) is 3.76. The highest BCUT2D eigenvalue weighted by Crippen LogP contribution is 2.35. The number of hydrogen-bond acceptors (Lipinski definition) is 1. The molecule has 1 nitrogen and oxygen atoms in total. The van der Waals surface area contributed by atoms with Crippen molar-refractivity contribution in [3.05, 3.63) is 27.5 Å². The van der Waals surface area contributed by atoms with Gasteiger partial charge in [-0.1, -0.05) is 15.9 Å². The number of nitrogens with zero attached hydrogens (tertiary/aromatic N) is 1. The summed E-state index contributed by atoms with van der Waals surface area (Å²) < 4.78 is 61.1. The summed E-state index contributed by atoms with van der Waals surface area (Å²) in [4.78, 5) is 3.09.